The molecular formula is C23H24N4O2S. The van der Waals surface area contributed by atoms with Crippen LogP contribution >= 0.6 is 11.8 Å². The van der Waals surface area contributed by atoms with E-state index in [-0.39, 0.29) is 5.78 Å². The number of pyridine rings is 1. The second-order valence-corrected chi connectivity index (χ2v) is 8.35. The number of aliphatic hydroxyl groups is 1. The number of carbonyl (C=O) groups excluding carboxylic acids is 1. The molecule has 7 heteroatoms. The zero-order valence-electron chi connectivity index (χ0n) is 17.2. The topological polar surface area (TPSA) is 81.6 Å². The first-order chi connectivity index (χ1) is 14.5. The fraction of sp³-hybridized carbons (Fsp3) is 0.391. The first kappa shape index (κ1) is 21.8. The monoisotopic (exact) mass is 420 g/mol. The Morgan fingerprint density at radius 2 is 2.03 bits per heavy atom. The van der Waals surface area contributed by atoms with Crippen LogP contribution in [-0.4, -0.2) is 35.1 Å². The normalized spacial score (nSPS) is 13.4. The predicted molar refractivity (Wildman–Crippen MR) is 118 cm³/mol. The van der Waals surface area contributed by atoms with Crippen molar-refractivity contribution in [2.45, 2.75) is 50.0 Å². The molecule has 1 saturated heterocycles. The van der Waals surface area contributed by atoms with E-state index in [1.807, 2.05) is 36.1 Å². The molecule has 1 aromatic heterocycles. The molecule has 6 nitrogen and oxygen atoms in total. The van der Waals surface area contributed by atoms with Crippen LogP contribution in [0, 0.1) is 17.9 Å². The van der Waals surface area contributed by atoms with Gasteiger partial charge in [0.1, 0.15) is 22.7 Å². The van der Waals surface area contributed by atoms with Gasteiger partial charge in [0.05, 0.1) is 18.2 Å². The number of anilines is 1. The van der Waals surface area contributed by atoms with Crippen molar-refractivity contribution in [3.8, 4) is 6.07 Å². The fourth-order valence-corrected chi connectivity index (χ4v) is 4.35. The molecule has 0 spiro atoms. The van der Waals surface area contributed by atoms with Crippen LogP contribution in [0.3, 0.4) is 0 Å². The Balaban J connectivity index is 1.83. The highest BCUT2D eigenvalue weighted by atomic mass is 32.2. The molecule has 0 amide bonds. The Kier molecular flexibility index (Phi) is 7.10. The van der Waals surface area contributed by atoms with Crippen LogP contribution in [0.5, 0.6) is 0 Å². The Labute approximate surface area is 181 Å². The standard InChI is InChI=1S/C23H24N4O2S/c1-4-19-20(11-24)23(26-22(21(19)25-3)27-12-18(29)13-27)30-14-17-9-7-16(8-10-17)6-5-15(2)28/h7-10,18,29H,4-6,12-14H2,1-2H3. The number of aryl methyl sites for hydroxylation is 1. The van der Waals surface area contributed by atoms with Crippen molar-refractivity contribution in [3.05, 3.63) is 57.9 Å². The van der Waals surface area contributed by atoms with Crippen LogP contribution in [0.2, 0.25) is 0 Å². The van der Waals surface area contributed by atoms with Crippen LogP contribution in [0.4, 0.5) is 11.5 Å². The van der Waals surface area contributed by atoms with Crippen LogP contribution in [0.25, 0.3) is 4.85 Å². The second-order valence-electron chi connectivity index (χ2n) is 7.39. The molecule has 1 fully saturated rings. The third-order valence-electron chi connectivity index (χ3n) is 5.12. The van der Waals surface area contributed by atoms with Crippen molar-refractivity contribution in [1.29, 1.82) is 5.26 Å². The van der Waals surface area contributed by atoms with E-state index in [4.69, 9.17) is 6.57 Å². The number of nitrogens with zero attached hydrogens (tertiary/aromatic N) is 4. The molecule has 0 unspecified atom stereocenters. The lowest BCUT2D eigenvalue weighted by Gasteiger charge is -2.38. The summed E-state index contributed by atoms with van der Waals surface area (Å²) in [6.45, 7) is 12.0. The van der Waals surface area contributed by atoms with Crippen molar-refractivity contribution >= 4 is 29.1 Å². The maximum atomic E-state index is 11.1. The van der Waals surface area contributed by atoms with Crippen molar-refractivity contribution in [2.75, 3.05) is 18.0 Å². The lowest BCUT2D eigenvalue weighted by atomic mass is 10.0. The van der Waals surface area contributed by atoms with Crippen molar-refractivity contribution in [1.82, 2.24) is 4.98 Å². The van der Waals surface area contributed by atoms with Crippen LogP contribution < -0.4 is 4.90 Å². The number of Topliss-reactive ketones (excluding diaryl/α,β-unsaturated/α-hetero) is 1. The van der Waals surface area contributed by atoms with Gasteiger partial charge in [-0.1, -0.05) is 31.2 Å². The quantitative estimate of drug-likeness (QED) is 0.512. The minimum atomic E-state index is -0.399. The number of benzene rings is 1. The summed E-state index contributed by atoms with van der Waals surface area (Å²) in [6.07, 6.45) is 1.46. The van der Waals surface area contributed by atoms with E-state index in [0.717, 1.165) is 23.1 Å². The summed E-state index contributed by atoms with van der Waals surface area (Å²) in [5, 5.41) is 20.0. The molecular weight excluding hydrogens is 396 g/mol. The summed E-state index contributed by atoms with van der Waals surface area (Å²) in [7, 11) is 0. The maximum Gasteiger partial charge on any atom is 0.232 e. The third kappa shape index (κ3) is 4.81. The molecule has 1 aromatic carbocycles. The summed E-state index contributed by atoms with van der Waals surface area (Å²) < 4.78 is 0. The molecule has 1 N–H and O–H groups in total. The molecule has 2 heterocycles. The first-order valence-corrected chi connectivity index (χ1v) is 10.9. The van der Waals surface area contributed by atoms with Gasteiger partial charge in [-0.3, -0.25) is 0 Å². The van der Waals surface area contributed by atoms with Gasteiger partial charge in [0.25, 0.3) is 0 Å². The van der Waals surface area contributed by atoms with Crippen molar-refractivity contribution < 1.29 is 9.90 Å². The van der Waals surface area contributed by atoms with E-state index in [1.165, 1.54) is 11.8 Å². The third-order valence-corrected chi connectivity index (χ3v) is 6.17. The Morgan fingerprint density at radius 1 is 1.37 bits per heavy atom. The zero-order chi connectivity index (χ0) is 21.7. The summed E-state index contributed by atoms with van der Waals surface area (Å²) in [6, 6.07) is 10.4. The number of rotatable bonds is 8. The van der Waals surface area contributed by atoms with Crippen LogP contribution in [0.15, 0.2) is 29.3 Å². The summed E-state index contributed by atoms with van der Waals surface area (Å²) in [4.78, 5) is 21.4. The number of ketones is 1. The van der Waals surface area contributed by atoms with Crippen LogP contribution in [-0.2, 0) is 23.4 Å². The van der Waals surface area contributed by atoms with Gasteiger partial charge in [-0.2, -0.15) is 5.26 Å². The number of aromatic nitrogens is 1. The molecule has 1 aliphatic rings. The van der Waals surface area contributed by atoms with Gasteiger partial charge in [0, 0.05) is 25.3 Å². The highest BCUT2D eigenvalue weighted by Gasteiger charge is 2.30. The summed E-state index contributed by atoms with van der Waals surface area (Å²) in [5.41, 5.74) is 3.84. The molecule has 0 atom stereocenters. The Bertz CT molecular complexity index is 1020. The van der Waals surface area contributed by atoms with Crippen molar-refractivity contribution in [2.24, 2.45) is 0 Å². The van der Waals surface area contributed by atoms with Gasteiger partial charge < -0.3 is 14.8 Å². The first-order valence-electron chi connectivity index (χ1n) is 9.94. The lowest BCUT2D eigenvalue weighted by molar-refractivity contribution is -0.116. The molecule has 154 valence electrons. The average Bonchev–Trinajstić information content (AvgIpc) is 2.73. The smallest absolute Gasteiger partial charge is 0.232 e. The minimum absolute atomic E-state index is 0.185. The second kappa shape index (κ2) is 9.75. The molecule has 30 heavy (non-hydrogen) atoms. The molecule has 0 radical (unpaired) electrons. The van der Waals surface area contributed by atoms with Crippen LogP contribution in [0.1, 0.15) is 42.5 Å². The Hall–Kier alpha value is -2.87. The number of hydrogen-bond donors (Lipinski definition) is 1. The van der Waals surface area contributed by atoms with E-state index >= 15 is 0 Å². The van der Waals surface area contributed by atoms with Gasteiger partial charge >= 0.3 is 0 Å². The molecule has 0 bridgehead atoms. The molecule has 0 aliphatic carbocycles. The largest absolute Gasteiger partial charge is 0.389 e. The van der Waals surface area contributed by atoms with Gasteiger partial charge in [-0.05, 0) is 36.5 Å². The highest BCUT2D eigenvalue weighted by molar-refractivity contribution is 7.98. The van der Waals surface area contributed by atoms with Gasteiger partial charge in [0.2, 0.25) is 5.69 Å². The van der Waals surface area contributed by atoms with Crippen molar-refractivity contribution in [3.63, 3.8) is 0 Å². The van der Waals surface area contributed by atoms with E-state index < -0.39 is 6.10 Å². The minimum Gasteiger partial charge on any atom is -0.389 e. The number of carbonyl (C=O) groups is 1. The number of hydrogen-bond acceptors (Lipinski definition) is 6. The SMILES string of the molecule is [C-]#[N+]c1c(N2CC(O)C2)nc(SCc2ccc(CCC(C)=O)cc2)c(C#N)c1CC. The summed E-state index contributed by atoms with van der Waals surface area (Å²) in [5.74, 6) is 1.40. The van der Waals surface area contributed by atoms with E-state index in [0.29, 0.717) is 53.8 Å². The van der Waals surface area contributed by atoms with E-state index in [1.54, 1.807) is 6.92 Å². The lowest BCUT2D eigenvalue weighted by Crippen LogP contribution is -2.51. The van der Waals surface area contributed by atoms with E-state index in [2.05, 4.69) is 15.9 Å². The van der Waals surface area contributed by atoms with Gasteiger partial charge in [-0.15, -0.1) is 11.8 Å². The predicted octanol–water partition coefficient (Wildman–Crippen LogP) is 4.06. The zero-order valence-corrected chi connectivity index (χ0v) is 18.0. The molecule has 1 aliphatic heterocycles. The number of thioether (sulfide) groups is 1. The number of aliphatic hydroxyl groups excluding tert-OH is 1. The summed E-state index contributed by atoms with van der Waals surface area (Å²) >= 11 is 1.48. The molecule has 2 aromatic rings. The Morgan fingerprint density at radius 3 is 2.57 bits per heavy atom. The van der Waals surface area contributed by atoms with Gasteiger partial charge in [-0.25, -0.2) is 9.83 Å². The molecule has 0 saturated carbocycles. The van der Waals surface area contributed by atoms with E-state index in [9.17, 15) is 15.2 Å². The highest BCUT2D eigenvalue weighted by Crippen LogP contribution is 2.40. The van der Waals surface area contributed by atoms with Gasteiger partial charge in [0.15, 0.2) is 0 Å². The fourth-order valence-electron chi connectivity index (χ4n) is 3.39. The number of nitriles is 1. The molecule has 3 rings (SSSR count). The maximum absolute atomic E-state index is 11.1. The number of β-amino-alcohol motifs (C(OH)–C–C–N with tert-alkyl or cyclic N) is 1. The average molecular weight is 421 g/mol.